The average Bonchev–Trinajstić information content (AvgIpc) is 3.45. The molecular weight excluding hydrogens is 476 g/mol. The first-order valence-corrected chi connectivity index (χ1v) is 12.5. The zero-order chi connectivity index (χ0) is 24.2. The molecule has 0 spiro atoms. The van der Waals surface area contributed by atoms with Crippen molar-refractivity contribution in [3.8, 4) is 11.3 Å². The van der Waals surface area contributed by atoms with E-state index in [0.717, 1.165) is 23.4 Å². The van der Waals surface area contributed by atoms with Gasteiger partial charge in [0.1, 0.15) is 11.5 Å². The van der Waals surface area contributed by atoms with Crippen LogP contribution in [0, 0.1) is 6.92 Å². The molecule has 1 saturated heterocycles. The molecule has 0 N–H and O–H groups in total. The number of nitrogens with zero attached hydrogens (tertiary/aromatic N) is 2. The molecule has 6 heteroatoms. The standard InChI is InChI=1S/C29H23ClN2O2S/c1-20-7-13-24(14-8-20)31-29-32(18-17-21-5-3-2-4-6-21)28(33)27(35-29)19-25-15-16-26(34-25)22-9-11-23(30)12-10-22/h2-16,19H,17-18H2,1H3/b27-19+,31-29?. The third-order valence-electron chi connectivity index (χ3n) is 5.64. The maximum Gasteiger partial charge on any atom is 0.266 e. The van der Waals surface area contributed by atoms with Crippen LogP contribution in [0.15, 0.2) is 105 Å². The van der Waals surface area contributed by atoms with Crippen molar-refractivity contribution >= 4 is 46.2 Å². The summed E-state index contributed by atoms with van der Waals surface area (Å²) in [4.78, 5) is 20.5. The zero-order valence-corrected chi connectivity index (χ0v) is 20.7. The zero-order valence-electron chi connectivity index (χ0n) is 19.1. The van der Waals surface area contributed by atoms with Crippen molar-refractivity contribution < 1.29 is 9.21 Å². The molecule has 174 valence electrons. The minimum atomic E-state index is -0.0683. The number of amides is 1. The molecule has 0 unspecified atom stereocenters. The Morgan fingerprint density at radius 1 is 0.943 bits per heavy atom. The predicted molar refractivity (Wildman–Crippen MR) is 145 cm³/mol. The summed E-state index contributed by atoms with van der Waals surface area (Å²) in [6, 6.07) is 29.4. The molecule has 5 rings (SSSR count). The van der Waals surface area contributed by atoms with Crippen LogP contribution in [0.2, 0.25) is 5.02 Å². The van der Waals surface area contributed by atoms with Crippen LogP contribution in [0.25, 0.3) is 17.4 Å². The molecule has 35 heavy (non-hydrogen) atoms. The summed E-state index contributed by atoms with van der Waals surface area (Å²) >= 11 is 7.37. The Balaban J connectivity index is 1.42. The van der Waals surface area contributed by atoms with Gasteiger partial charge in [0.25, 0.3) is 5.91 Å². The first-order chi connectivity index (χ1) is 17.0. The summed E-state index contributed by atoms with van der Waals surface area (Å²) in [6.45, 7) is 2.59. The van der Waals surface area contributed by atoms with Gasteiger partial charge in [-0.3, -0.25) is 9.69 Å². The van der Waals surface area contributed by atoms with E-state index in [9.17, 15) is 4.79 Å². The number of aryl methyl sites for hydroxylation is 1. The monoisotopic (exact) mass is 498 g/mol. The maximum atomic E-state index is 13.4. The van der Waals surface area contributed by atoms with Gasteiger partial charge in [0.15, 0.2) is 5.17 Å². The number of hydrogen-bond acceptors (Lipinski definition) is 4. The fourth-order valence-corrected chi connectivity index (χ4v) is 4.86. The molecule has 2 heterocycles. The Hall–Kier alpha value is -3.54. The number of rotatable bonds is 6. The topological polar surface area (TPSA) is 45.8 Å². The molecule has 1 fully saturated rings. The van der Waals surface area contributed by atoms with Crippen molar-refractivity contribution in [3.05, 3.63) is 118 Å². The fourth-order valence-electron chi connectivity index (χ4n) is 3.73. The van der Waals surface area contributed by atoms with Crippen LogP contribution < -0.4 is 0 Å². The highest BCUT2D eigenvalue weighted by Crippen LogP contribution is 2.35. The third-order valence-corrected chi connectivity index (χ3v) is 6.90. The summed E-state index contributed by atoms with van der Waals surface area (Å²) in [5.41, 5.74) is 4.09. The molecule has 1 aromatic heterocycles. The molecule has 3 aromatic carbocycles. The predicted octanol–water partition coefficient (Wildman–Crippen LogP) is 7.76. The molecule has 4 aromatic rings. The van der Waals surface area contributed by atoms with Crippen LogP contribution in [0.4, 0.5) is 5.69 Å². The van der Waals surface area contributed by atoms with E-state index in [2.05, 4.69) is 12.1 Å². The summed E-state index contributed by atoms with van der Waals surface area (Å²) < 4.78 is 6.01. The number of thioether (sulfide) groups is 1. The van der Waals surface area contributed by atoms with Gasteiger partial charge in [-0.15, -0.1) is 0 Å². The van der Waals surface area contributed by atoms with Crippen LogP contribution in [-0.4, -0.2) is 22.5 Å². The summed E-state index contributed by atoms with van der Waals surface area (Å²) in [5, 5.41) is 1.34. The van der Waals surface area contributed by atoms with E-state index in [-0.39, 0.29) is 5.91 Å². The van der Waals surface area contributed by atoms with Gasteiger partial charge in [-0.2, -0.15) is 0 Å². The molecule has 1 aliphatic rings. The lowest BCUT2D eigenvalue weighted by molar-refractivity contribution is -0.122. The van der Waals surface area contributed by atoms with Gasteiger partial charge < -0.3 is 4.42 Å². The first-order valence-electron chi connectivity index (χ1n) is 11.3. The Bertz CT molecular complexity index is 1390. The summed E-state index contributed by atoms with van der Waals surface area (Å²) in [6.07, 6.45) is 2.54. The van der Waals surface area contributed by atoms with Crippen molar-refractivity contribution in [2.75, 3.05) is 6.54 Å². The van der Waals surface area contributed by atoms with E-state index in [1.807, 2.05) is 85.8 Å². The molecule has 1 amide bonds. The maximum absolute atomic E-state index is 13.4. The number of amidine groups is 1. The molecule has 0 saturated carbocycles. The second-order valence-corrected chi connectivity index (χ2v) is 9.69. The number of benzene rings is 3. The van der Waals surface area contributed by atoms with Gasteiger partial charge >= 0.3 is 0 Å². The summed E-state index contributed by atoms with van der Waals surface area (Å²) in [5.74, 6) is 1.27. The second kappa shape index (κ2) is 10.4. The fraction of sp³-hybridized carbons (Fsp3) is 0.103. The number of furan rings is 1. The Labute approximate surface area is 213 Å². The number of carbonyl (C=O) groups excluding carboxylic acids is 1. The van der Waals surface area contributed by atoms with E-state index in [1.165, 1.54) is 22.9 Å². The number of aliphatic imine (C=N–C) groups is 1. The van der Waals surface area contributed by atoms with Crippen molar-refractivity contribution in [1.29, 1.82) is 0 Å². The Morgan fingerprint density at radius 3 is 2.43 bits per heavy atom. The van der Waals surface area contributed by atoms with E-state index >= 15 is 0 Å². The van der Waals surface area contributed by atoms with Crippen molar-refractivity contribution in [3.63, 3.8) is 0 Å². The van der Waals surface area contributed by atoms with Gasteiger partial charge in [-0.1, -0.05) is 59.6 Å². The minimum absolute atomic E-state index is 0.0683. The van der Waals surface area contributed by atoms with Crippen molar-refractivity contribution in [1.82, 2.24) is 4.90 Å². The highest BCUT2D eigenvalue weighted by Gasteiger charge is 2.33. The van der Waals surface area contributed by atoms with Crippen LogP contribution in [0.5, 0.6) is 0 Å². The van der Waals surface area contributed by atoms with Gasteiger partial charge in [0, 0.05) is 23.2 Å². The Kier molecular flexibility index (Phi) is 6.89. The number of carbonyl (C=O) groups is 1. The van der Waals surface area contributed by atoms with Crippen LogP contribution in [0.3, 0.4) is 0 Å². The van der Waals surface area contributed by atoms with E-state index < -0.39 is 0 Å². The minimum Gasteiger partial charge on any atom is -0.457 e. The van der Waals surface area contributed by atoms with Crippen LogP contribution in [-0.2, 0) is 11.2 Å². The average molecular weight is 499 g/mol. The second-order valence-electron chi connectivity index (χ2n) is 8.24. The Morgan fingerprint density at radius 2 is 1.69 bits per heavy atom. The largest absolute Gasteiger partial charge is 0.457 e. The van der Waals surface area contributed by atoms with Gasteiger partial charge in [-0.25, -0.2) is 4.99 Å². The normalized spacial score (nSPS) is 15.9. The van der Waals surface area contributed by atoms with E-state index in [4.69, 9.17) is 21.0 Å². The molecule has 4 nitrogen and oxygen atoms in total. The molecule has 1 aliphatic heterocycles. The van der Waals surface area contributed by atoms with E-state index in [0.29, 0.717) is 27.4 Å². The lowest BCUT2D eigenvalue weighted by Gasteiger charge is -2.15. The van der Waals surface area contributed by atoms with Gasteiger partial charge in [-0.05, 0) is 79.2 Å². The molecule has 0 bridgehead atoms. The first kappa shape index (κ1) is 23.2. The van der Waals surface area contributed by atoms with Crippen LogP contribution >= 0.6 is 23.4 Å². The van der Waals surface area contributed by atoms with E-state index in [1.54, 1.807) is 11.0 Å². The lowest BCUT2D eigenvalue weighted by Crippen LogP contribution is -2.31. The number of halogens is 1. The van der Waals surface area contributed by atoms with Crippen molar-refractivity contribution in [2.45, 2.75) is 13.3 Å². The van der Waals surface area contributed by atoms with Gasteiger partial charge in [0.2, 0.25) is 0 Å². The number of hydrogen-bond donors (Lipinski definition) is 0. The molecule has 0 radical (unpaired) electrons. The highest BCUT2D eigenvalue weighted by molar-refractivity contribution is 8.18. The quantitative estimate of drug-likeness (QED) is 0.255. The van der Waals surface area contributed by atoms with Gasteiger partial charge in [0.05, 0.1) is 10.6 Å². The summed E-state index contributed by atoms with van der Waals surface area (Å²) in [7, 11) is 0. The molecular formula is C29H23ClN2O2S. The SMILES string of the molecule is Cc1ccc(N=C2S/C(=C/c3ccc(-c4ccc(Cl)cc4)o3)C(=O)N2CCc2ccccc2)cc1. The molecule has 0 atom stereocenters. The van der Waals surface area contributed by atoms with Crippen LogP contribution in [0.1, 0.15) is 16.9 Å². The smallest absolute Gasteiger partial charge is 0.266 e. The lowest BCUT2D eigenvalue weighted by atomic mass is 10.1. The van der Waals surface area contributed by atoms with Crippen molar-refractivity contribution in [2.24, 2.45) is 4.99 Å². The molecule has 0 aliphatic carbocycles. The third kappa shape index (κ3) is 5.59. The highest BCUT2D eigenvalue weighted by atomic mass is 35.5.